The minimum absolute atomic E-state index is 0.0189. The van der Waals surface area contributed by atoms with Gasteiger partial charge < -0.3 is 20.5 Å². The third-order valence-electron chi connectivity index (χ3n) is 3.59. The highest BCUT2D eigenvalue weighted by atomic mass is 16.5. The zero-order chi connectivity index (χ0) is 11.6. The van der Waals surface area contributed by atoms with Crippen molar-refractivity contribution in [3.05, 3.63) is 0 Å². The molecule has 0 spiro atoms. The fraction of sp³-hybridized carbons (Fsp3) is 0.909. The van der Waals surface area contributed by atoms with Crippen molar-refractivity contribution in [2.45, 2.75) is 24.8 Å². The monoisotopic (exact) mass is 228 g/mol. The summed E-state index contributed by atoms with van der Waals surface area (Å²) in [5.74, 6) is 0.449. The molecule has 0 aliphatic carbocycles. The van der Waals surface area contributed by atoms with Gasteiger partial charge in [-0.3, -0.25) is 4.79 Å². The van der Waals surface area contributed by atoms with Crippen LogP contribution < -0.4 is 5.73 Å². The number of nitrogens with zero attached hydrogens (tertiary/aromatic N) is 1. The summed E-state index contributed by atoms with van der Waals surface area (Å²) >= 11 is 0. The average molecular weight is 228 g/mol. The van der Waals surface area contributed by atoms with Gasteiger partial charge in [-0.05, 0) is 25.2 Å². The molecule has 3 N–H and O–H groups in total. The number of ether oxygens (including phenoxy) is 1. The molecule has 2 fully saturated rings. The lowest BCUT2D eigenvalue weighted by molar-refractivity contribution is -0.136. The second-order valence-corrected chi connectivity index (χ2v) is 4.88. The van der Waals surface area contributed by atoms with Gasteiger partial charge in [-0.1, -0.05) is 0 Å². The molecular weight excluding hydrogens is 208 g/mol. The molecule has 2 rings (SSSR count). The lowest BCUT2D eigenvalue weighted by atomic mass is 9.98. The van der Waals surface area contributed by atoms with Gasteiger partial charge in [-0.15, -0.1) is 0 Å². The predicted octanol–water partition coefficient (Wildman–Crippen LogP) is -0.665. The van der Waals surface area contributed by atoms with Crippen LogP contribution in [0.1, 0.15) is 19.3 Å². The molecule has 92 valence electrons. The Hall–Kier alpha value is -0.650. The topological polar surface area (TPSA) is 75.8 Å². The highest BCUT2D eigenvalue weighted by Gasteiger charge is 2.42. The Kier molecular flexibility index (Phi) is 3.47. The summed E-state index contributed by atoms with van der Waals surface area (Å²) in [4.78, 5) is 14.0. The van der Waals surface area contributed by atoms with Crippen molar-refractivity contribution in [3.8, 4) is 0 Å². The first-order valence-electron chi connectivity index (χ1n) is 5.92. The van der Waals surface area contributed by atoms with Gasteiger partial charge in [0, 0.05) is 26.3 Å². The molecule has 2 aliphatic rings. The maximum absolute atomic E-state index is 12.2. The van der Waals surface area contributed by atoms with E-state index in [2.05, 4.69) is 0 Å². The smallest absolute Gasteiger partial charge is 0.245 e. The second-order valence-electron chi connectivity index (χ2n) is 4.88. The van der Waals surface area contributed by atoms with E-state index in [9.17, 15) is 4.79 Å². The third kappa shape index (κ3) is 2.21. The maximum Gasteiger partial charge on any atom is 0.245 e. The number of likely N-dealkylation sites (tertiary alicyclic amines) is 1. The number of aliphatic hydroxyl groups is 1. The molecule has 5 nitrogen and oxygen atoms in total. The van der Waals surface area contributed by atoms with Crippen LogP contribution in [0.5, 0.6) is 0 Å². The molecule has 2 atom stereocenters. The summed E-state index contributed by atoms with van der Waals surface area (Å²) in [6, 6.07) is 0. The maximum atomic E-state index is 12.2. The van der Waals surface area contributed by atoms with Crippen molar-refractivity contribution in [2.75, 3.05) is 32.9 Å². The Morgan fingerprint density at radius 1 is 1.62 bits per heavy atom. The molecule has 2 saturated heterocycles. The molecule has 0 bridgehead atoms. The molecule has 2 aliphatic heterocycles. The Labute approximate surface area is 95.5 Å². The molecular formula is C11H20N2O3. The van der Waals surface area contributed by atoms with E-state index in [0.29, 0.717) is 25.6 Å². The zero-order valence-corrected chi connectivity index (χ0v) is 9.52. The summed E-state index contributed by atoms with van der Waals surface area (Å²) < 4.78 is 5.20. The van der Waals surface area contributed by atoms with Gasteiger partial charge in [-0.2, -0.15) is 0 Å². The first-order valence-corrected chi connectivity index (χ1v) is 5.92. The number of carbonyl (C=O) groups is 1. The second kappa shape index (κ2) is 4.69. The van der Waals surface area contributed by atoms with Crippen molar-refractivity contribution >= 4 is 5.91 Å². The van der Waals surface area contributed by atoms with Gasteiger partial charge >= 0.3 is 0 Å². The quantitative estimate of drug-likeness (QED) is 0.672. The SMILES string of the molecule is NC1(C(=O)N2CCC(CCO)C2)CCOC1. The van der Waals surface area contributed by atoms with Crippen LogP contribution in [0.2, 0.25) is 0 Å². The third-order valence-corrected chi connectivity index (χ3v) is 3.59. The van der Waals surface area contributed by atoms with Crippen LogP contribution in [0.25, 0.3) is 0 Å². The van der Waals surface area contributed by atoms with Crippen LogP contribution in [0.4, 0.5) is 0 Å². The summed E-state index contributed by atoms with van der Waals surface area (Å²) in [5, 5.41) is 8.87. The van der Waals surface area contributed by atoms with Crippen LogP contribution in [0, 0.1) is 5.92 Å². The van der Waals surface area contributed by atoms with E-state index in [1.54, 1.807) is 0 Å². The average Bonchev–Trinajstić information content (AvgIpc) is 2.88. The highest BCUT2D eigenvalue weighted by molar-refractivity contribution is 5.86. The molecule has 0 radical (unpaired) electrons. The summed E-state index contributed by atoms with van der Waals surface area (Å²) in [5.41, 5.74) is 5.24. The molecule has 1 amide bonds. The normalized spacial score (nSPS) is 34.6. The Bertz CT molecular complexity index is 264. The van der Waals surface area contributed by atoms with Crippen molar-refractivity contribution in [1.82, 2.24) is 4.90 Å². The van der Waals surface area contributed by atoms with Gasteiger partial charge in [0.1, 0.15) is 5.54 Å². The molecule has 16 heavy (non-hydrogen) atoms. The van der Waals surface area contributed by atoms with Gasteiger partial charge in [0.05, 0.1) is 6.61 Å². The number of nitrogens with two attached hydrogens (primary N) is 1. The largest absolute Gasteiger partial charge is 0.396 e. The molecule has 2 heterocycles. The van der Waals surface area contributed by atoms with Crippen molar-refractivity contribution in [1.29, 1.82) is 0 Å². The van der Waals surface area contributed by atoms with Gasteiger partial charge in [0.15, 0.2) is 0 Å². The van der Waals surface area contributed by atoms with E-state index in [4.69, 9.17) is 15.6 Å². The van der Waals surface area contributed by atoms with E-state index >= 15 is 0 Å². The van der Waals surface area contributed by atoms with E-state index in [1.165, 1.54) is 0 Å². The molecule has 0 aromatic heterocycles. The number of hydrogen-bond acceptors (Lipinski definition) is 4. The van der Waals surface area contributed by atoms with E-state index < -0.39 is 5.54 Å². The molecule has 5 heteroatoms. The standard InChI is InChI=1S/C11H20N2O3/c12-11(3-6-16-8-11)10(15)13-4-1-9(7-13)2-5-14/h9,14H,1-8,12H2. The predicted molar refractivity (Wildman–Crippen MR) is 58.7 cm³/mol. The molecule has 0 aromatic rings. The number of hydrogen-bond donors (Lipinski definition) is 2. The van der Waals surface area contributed by atoms with Crippen molar-refractivity contribution in [3.63, 3.8) is 0 Å². The van der Waals surface area contributed by atoms with Crippen LogP contribution >= 0.6 is 0 Å². The summed E-state index contributed by atoms with van der Waals surface area (Å²) in [7, 11) is 0. The minimum atomic E-state index is -0.798. The van der Waals surface area contributed by atoms with Gasteiger partial charge in [0.2, 0.25) is 5.91 Å². The fourth-order valence-electron chi connectivity index (χ4n) is 2.50. The lowest BCUT2D eigenvalue weighted by Crippen LogP contribution is -2.55. The number of amides is 1. The summed E-state index contributed by atoms with van der Waals surface area (Å²) in [6.07, 6.45) is 2.37. The molecule has 2 unspecified atom stereocenters. The van der Waals surface area contributed by atoms with E-state index in [0.717, 1.165) is 25.9 Å². The minimum Gasteiger partial charge on any atom is -0.396 e. The van der Waals surface area contributed by atoms with Gasteiger partial charge in [-0.25, -0.2) is 0 Å². The molecule has 0 aromatic carbocycles. The first-order chi connectivity index (χ1) is 7.65. The van der Waals surface area contributed by atoms with Crippen LogP contribution in [0.3, 0.4) is 0 Å². The van der Waals surface area contributed by atoms with Crippen LogP contribution in [-0.2, 0) is 9.53 Å². The van der Waals surface area contributed by atoms with Gasteiger partial charge in [0.25, 0.3) is 0 Å². The van der Waals surface area contributed by atoms with E-state index in [1.807, 2.05) is 4.90 Å². The first kappa shape index (κ1) is 11.8. The van der Waals surface area contributed by atoms with Crippen molar-refractivity contribution in [2.24, 2.45) is 11.7 Å². The number of aliphatic hydroxyl groups excluding tert-OH is 1. The lowest BCUT2D eigenvalue weighted by Gasteiger charge is -2.27. The number of rotatable bonds is 3. The molecule has 0 saturated carbocycles. The highest BCUT2D eigenvalue weighted by Crippen LogP contribution is 2.24. The Morgan fingerprint density at radius 2 is 2.44 bits per heavy atom. The van der Waals surface area contributed by atoms with Crippen LogP contribution in [0.15, 0.2) is 0 Å². The van der Waals surface area contributed by atoms with Crippen molar-refractivity contribution < 1.29 is 14.6 Å². The Balaban J connectivity index is 1.91. The number of carbonyl (C=O) groups excluding carboxylic acids is 1. The fourth-order valence-corrected chi connectivity index (χ4v) is 2.50. The van der Waals surface area contributed by atoms with Crippen LogP contribution in [-0.4, -0.2) is 54.4 Å². The van der Waals surface area contributed by atoms with E-state index in [-0.39, 0.29) is 12.5 Å². The zero-order valence-electron chi connectivity index (χ0n) is 9.52. The Morgan fingerprint density at radius 3 is 3.06 bits per heavy atom. The summed E-state index contributed by atoms with van der Waals surface area (Å²) in [6.45, 7) is 2.62.